The minimum atomic E-state index is -1.08. The molecule has 9 nitrogen and oxygen atoms in total. The van der Waals surface area contributed by atoms with Gasteiger partial charge in [0.25, 0.3) is 0 Å². The van der Waals surface area contributed by atoms with Crippen LogP contribution in [0.15, 0.2) is 40.4 Å². The molecule has 316 valence electrons. The summed E-state index contributed by atoms with van der Waals surface area (Å²) in [7, 11) is 1.38. The second-order valence-corrected chi connectivity index (χ2v) is 17.6. The number of unbranched alkanes of at least 4 members (excludes halogenated alkanes) is 2. The average molecular weight is 795 g/mol. The Kier molecular flexibility index (Phi) is 14.0. The van der Waals surface area contributed by atoms with Crippen LogP contribution in [0.1, 0.15) is 152 Å². The van der Waals surface area contributed by atoms with E-state index in [0.29, 0.717) is 6.42 Å². The Morgan fingerprint density at radius 1 is 0.948 bits per heavy atom. The zero-order valence-electron chi connectivity index (χ0n) is 36.9. The maximum Gasteiger partial charge on any atom is 0.315 e. The molecule has 1 fully saturated rings. The number of hydrogen-bond donors (Lipinski definition) is 5. The van der Waals surface area contributed by atoms with Crippen LogP contribution in [-0.4, -0.2) is 46.8 Å². The molecule has 4 aliphatic rings. The van der Waals surface area contributed by atoms with E-state index < -0.39 is 18.0 Å². The van der Waals surface area contributed by atoms with E-state index >= 15 is 0 Å². The Balaban J connectivity index is 1.33. The first kappa shape index (κ1) is 43.3. The summed E-state index contributed by atoms with van der Waals surface area (Å²) in [4.78, 5) is 34.4. The van der Waals surface area contributed by atoms with Gasteiger partial charge in [0.05, 0.1) is 19.3 Å². The number of hydrogen-bond acceptors (Lipinski definition) is 7. The summed E-state index contributed by atoms with van der Waals surface area (Å²) in [6.45, 7) is 20.0. The molecule has 1 saturated heterocycles. The van der Waals surface area contributed by atoms with Gasteiger partial charge in [-0.15, -0.1) is 0 Å². The second-order valence-electron chi connectivity index (χ2n) is 17.6. The molecule has 0 spiro atoms. The molecular weight excluding hydrogens is 725 g/mol. The van der Waals surface area contributed by atoms with Crippen LogP contribution in [0, 0.1) is 43.4 Å². The number of H-pyrrole nitrogens is 2. The zero-order valence-corrected chi connectivity index (χ0v) is 36.9. The maximum absolute atomic E-state index is 13.7. The lowest BCUT2D eigenvalue weighted by Crippen LogP contribution is -2.37. The number of aromatic amines is 2. The van der Waals surface area contributed by atoms with Crippen LogP contribution in [0.4, 0.5) is 0 Å². The highest BCUT2D eigenvalue weighted by atomic mass is 16.5. The summed E-state index contributed by atoms with van der Waals surface area (Å²) in [5.74, 6) is -0.645. The smallest absolute Gasteiger partial charge is 0.315 e. The molecule has 0 aromatic carbocycles. The van der Waals surface area contributed by atoms with Crippen LogP contribution in [-0.2, 0) is 25.5 Å². The van der Waals surface area contributed by atoms with Crippen molar-refractivity contribution in [3.63, 3.8) is 0 Å². The summed E-state index contributed by atoms with van der Waals surface area (Å²) < 4.78 is 11.2. The summed E-state index contributed by atoms with van der Waals surface area (Å²) in [6, 6.07) is -0.343. The molecule has 8 bridgehead atoms. The van der Waals surface area contributed by atoms with Gasteiger partial charge in [0, 0.05) is 63.0 Å². The van der Waals surface area contributed by atoms with Gasteiger partial charge in [0.1, 0.15) is 12.5 Å². The van der Waals surface area contributed by atoms with E-state index in [-0.39, 0.29) is 42.8 Å². The van der Waals surface area contributed by atoms with Gasteiger partial charge in [-0.2, -0.15) is 0 Å². The highest BCUT2D eigenvalue weighted by Gasteiger charge is 2.49. The number of nitrogens with one attached hydrogen (secondary N) is 4. The van der Waals surface area contributed by atoms with Crippen molar-refractivity contribution in [3.05, 3.63) is 84.7 Å². The Bertz CT molecular complexity index is 2110. The van der Waals surface area contributed by atoms with Crippen LogP contribution in [0.5, 0.6) is 0 Å². The molecule has 7 atom stereocenters. The van der Waals surface area contributed by atoms with E-state index in [9.17, 15) is 14.7 Å². The van der Waals surface area contributed by atoms with Gasteiger partial charge in [0.15, 0.2) is 0 Å². The predicted molar refractivity (Wildman–Crippen MR) is 233 cm³/mol. The summed E-state index contributed by atoms with van der Waals surface area (Å²) in [5, 5.41) is 21.3. The third-order valence-corrected chi connectivity index (χ3v) is 13.9. The van der Waals surface area contributed by atoms with E-state index in [0.717, 1.165) is 81.8 Å². The molecule has 0 radical (unpaired) electrons. The van der Waals surface area contributed by atoms with Gasteiger partial charge in [-0.3, -0.25) is 9.59 Å². The molecule has 2 aromatic heterocycles. The lowest BCUT2D eigenvalue weighted by molar-refractivity contribution is -0.147. The number of fused-ring (bicyclic) bond motifs is 8. The summed E-state index contributed by atoms with van der Waals surface area (Å²) in [5.41, 5.74) is 12.8. The van der Waals surface area contributed by atoms with E-state index in [1.165, 1.54) is 67.2 Å². The number of rotatable bonds is 16. The fraction of sp³-hybridized carbons (Fsp3) is 0.592. The first-order valence-electron chi connectivity index (χ1n) is 22.2. The lowest BCUT2D eigenvalue weighted by atomic mass is 9.80. The number of carbonyl (C=O) groups is 2. The van der Waals surface area contributed by atoms with Crippen molar-refractivity contribution >= 4 is 29.7 Å². The van der Waals surface area contributed by atoms with Crippen LogP contribution in [0.2, 0.25) is 0 Å². The third kappa shape index (κ3) is 8.71. The Labute approximate surface area is 346 Å². The summed E-state index contributed by atoms with van der Waals surface area (Å²) in [6.07, 6.45) is 18.8. The predicted octanol–water partition coefficient (Wildman–Crippen LogP) is 8.36. The number of carbonyl (C=O) groups excluding carboxylic acids is 2. The van der Waals surface area contributed by atoms with Crippen molar-refractivity contribution in [3.8, 4) is 0 Å². The molecule has 2 aromatic rings. The van der Waals surface area contributed by atoms with Gasteiger partial charge in [-0.25, -0.2) is 0 Å². The minimum absolute atomic E-state index is 0.0178. The fourth-order valence-electron chi connectivity index (χ4n) is 10.2. The number of aromatic nitrogens is 2. The van der Waals surface area contributed by atoms with Crippen molar-refractivity contribution in [2.45, 2.75) is 145 Å². The van der Waals surface area contributed by atoms with E-state index in [1.54, 1.807) is 0 Å². The molecule has 6 rings (SSSR count). The van der Waals surface area contributed by atoms with E-state index in [1.807, 2.05) is 6.92 Å². The number of methoxy groups -OCH3 is 1. The third-order valence-electron chi connectivity index (χ3n) is 13.9. The Morgan fingerprint density at radius 3 is 2.41 bits per heavy atom. The monoisotopic (exact) mass is 795 g/mol. The van der Waals surface area contributed by atoms with E-state index in [2.05, 4.69) is 100 Å². The van der Waals surface area contributed by atoms with Gasteiger partial charge < -0.3 is 35.2 Å². The highest BCUT2D eigenvalue weighted by molar-refractivity contribution is 5.88. The first-order valence-corrected chi connectivity index (χ1v) is 22.2. The molecule has 1 aliphatic carbocycles. The molecule has 0 saturated carbocycles. The second kappa shape index (κ2) is 18.8. The fourth-order valence-corrected chi connectivity index (χ4v) is 10.2. The molecule has 1 unspecified atom stereocenters. The molecular formula is C49H70N4O5. The molecule has 3 aliphatic heterocycles. The maximum atomic E-state index is 13.7. The van der Waals surface area contributed by atoms with Gasteiger partial charge in [0.2, 0.25) is 0 Å². The standard InChI is InChI=1S/C49H70N4O5/c1-11-14-15-17-27(4)18-16-19-28(5)22-23-58-42(54)21-20-35-31(8)38-24-36-29(6)33(12-2)40(50-36)25-37-30(7)34(13-3)41(51-37)26-39-32(9)43-47(53-39)44(46(35)52-38)45(48(43)55)49(56)57-10/h22,24-27,31,33,35,45-46,48,50-53,55H,11-21,23H2,1-10H3/b28-22+,38-24-,39-26-,40-25-/t27-,31-,33+,35-,45+,46?,48+/m0/s1. The molecule has 58 heavy (non-hydrogen) atoms. The number of aliphatic hydroxyl groups excluding tert-OH is 1. The molecule has 9 heteroatoms. The average Bonchev–Trinajstić information content (AvgIpc) is 3.94. The molecule has 0 amide bonds. The largest absolute Gasteiger partial charge is 0.468 e. The number of ether oxygens (including phenoxy) is 2. The van der Waals surface area contributed by atoms with Crippen molar-refractivity contribution in [2.24, 2.45) is 29.6 Å². The highest BCUT2D eigenvalue weighted by Crippen LogP contribution is 2.45. The quantitative estimate of drug-likeness (QED) is 0.0657. The Morgan fingerprint density at radius 2 is 1.71 bits per heavy atom. The van der Waals surface area contributed by atoms with Gasteiger partial charge in [-0.05, 0) is 124 Å². The van der Waals surface area contributed by atoms with E-state index in [4.69, 9.17) is 9.47 Å². The van der Waals surface area contributed by atoms with Crippen LogP contribution in [0.3, 0.4) is 0 Å². The SMILES string of the molecule is CCCCC[C@H](C)CCC/C(C)=C/COC(=O)CC[C@@H]1C2N/C(=C\C3=C(C)[C@@H](CC)/C(=C/c4[nH]c(c(CC)c4C)/C=c4\[nH]c5c(c4C)[C@@H](O)[C@H](C(=O)OC)C=52)N3)[C@H]1C. The molecule has 5 heterocycles. The normalized spacial score (nSPS) is 26.6. The number of aliphatic hydroxyl groups is 1. The van der Waals surface area contributed by atoms with Crippen molar-refractivity contribution in [1.82, 2.24) is 20.6 Å². The zero-order chi connectivity index (χ0) is 41.8. The Hall–Kier alpha value is -4.24. The van der Waals surface area contributed by atoms with Crippen LogP contribution < -0.4 is 21.3 Å². The van der Waals surface area contributed by atoms with Crippen molar-refractivity contribution < 1.29 is 24.2 Å². The summed E-state index contributed by atoms with van der Waals surface area (Å²) >= 11 is 0. The van der Waals surface area contributed by atoms with Gasteiger partial charge >= 0.3 is 11.9 Å². The molecule has 5 N–H and O–H groups in total. The minimum Gasteiger partial charge on any atom is -0.468 e. The van der Waals surface area contributed by atoms with Crippen molar-refractivity contribution in [2.75, 3.05) is 13.7 Å². The van der Waals surface area contributed by atoms with Crippen LogP contribution in [0.25, 0.3) is 17.7 Å². The van der Waals surface area contributed by atoms with Crippen molar-refractivity contribution in [1.29, 1.82) is 0 Å². The van der Waals surface area contributed by atoms with Gasteiger partial charge in [-0.1, -0.05) is 72.3 Å². The lowest BCUT2D eigenvalue weighted by Gasteiger charge is -2.27. The first-order chi connectivity index (χ1) is 27.8. The number of allylic oxidation sites excluding steroid dienone is 4. The van der Waals surface area contributed by atoms with Crippen LogP contribution >= 0.6 is 0 Å². The topological polar surface area (TPSA) is 128 Å². The number of esters is 2.